The van der Waals surface area contributed by atoms with E-state index in [9.17, 15) is 4.79 Å². The largest absolute Gasteiger partial charge is 0.477 e. The molecule has 0 aliphatic carbocycles. The van der Waals surface area contributed by atoms with Crippen LogP contribution in [0.1, 0.15) is 10.4 Å². The fraction of sp³-hybridized carbons (Fsp3) is 0. The molecule has 2 aromatic heterocycles. The van der Waals surface area contributed by atoms with Crippen LogP contribution in [0.15, 0.2) is 29.0 Å². The number of pyridine rings is 1. The van der Waals surface area contributed by atoms with Gasteiger partial charge in [0.05, 0.1) is 6.20 Å². The number of carboxylic acid groups (broad SMARTS) is 1. The molecule has 0 fully saturated rings. The summed E-state index contributed by atoms with van der Waals surface area (Å²) < 4.78 is 5.99. The molecular formula is C10H5BrClN3O3. The topological polar surface area (TPSA) is 85.2 Å². The van der Waals surface area contributed by atoms with Crippen molar-refractivity contribution < 1.29 is 14.6 Å². The highest BCUT2D eigenvalue weighted by Crippen LogP contribution is 2.25. The molecule has 92 valence electrons. The average Bonchev–Trinajstić information content (AvgIpc) is 2.31. The van der Waals surface area contributed by atoms with Gasteiger partial charge in [-0.25, -0.2) is 4.79 Å². The molecule has 1 N–H and O–H groups in total. The predicted molar refractivity (Wildman–Crippen MR) is 66.0 cm³/mol. The molecule has 8 heteroatoms. The van der Waals surface area contributed by atoms with Gasteiger partial charge in [0.25, 0.3) is 5.88 Å². The molecule has 0 saturated heterocycles. The highest BCUT2D eigenvalue weighted by Gasteiger charge is 2.15. The molecular weight excluding hydrogens is 325 g/mol. The molecule has 0 spiro atoms. The Balaban J connectivity index is 2.37. The molecule has 0 saturated carbocycles. The quantitative estimate of drug-likeness (QED) is 0.931. The second-order valence-electron chi connectivity index (χ2n) is 3.13. The smallest absolute Gasteiger partial charge is 0.341 e. The molecule has 2 aromatic rings. The molecule has 0 radical (unpaired) electrons. The van der Waals surface area contributed by atoms with Crippen molar-refractivity contribution in [1.82, 2.24) is 15.2 Å². The minimum atomic E-state index is -1.20. The molecule has 0 aliphatic heterocycles. The van der Waals surface area contributed by atoms with Gasteiger partial charge >= 0.3 is 5.97 Å². The molecule has 2 heterocycles. The van der Waals surface area contributed by atoms with Gasteiger partial charge in [-0.1, -0.05) is 11.6 Å². The molecule has 0 aliphatic rings. The van der Waals surface area contributed by atoms with E-state index in [1.54, 1.807) is 12.3 Å². The third-order valence-corrected chi connectivity index (χ3v) is 2.47. The summed E-state index contributed by atoms with van der Waals surface area (Å²) in [4.78, 5) is 14.9. The first-order chi connectivity index (χ1) is 8.56. The van der Waals surface area contributed by atoms with E-state index in [1.165, 1.54) is 6.20 Å². The average molecular weight is 331 g/mol. The predicted octanol–water partition coefficient (Wildman–Crippen LogP) is 2.78. The number of rotatable bonds is 3. The highest BCUT2D eigenvalue weighted by atomic mass is 79.9. The van der Waals surface area contributed by atoms with E-state index in [0.29, 0.717) is 10.2 Å². The fourth-order valence-electron chi connectivity index (χ4n) is 1.15. The van der Waals surface area contributed by atoms with Crippen LogP contribution in [0.3, 0.4) is 0 Å². The minimum Gasteiger partial charge on any atom is -0.477 e. The van der Waals surface area contributed by atoms with Crippen molar-refractivity contribution in [2.45, 2.75) is 0 Å². The van der Waals surface area contributed by atoms with Crippen LogP contribution in [-0.2, 0) is 0 Å². The second kappa shape index (κ2) is 5.28. The number of halogens is 2. The van der Waals surface area contributed by atoms with Crippen LogP contribution in [0, 0.1) is 0 Å². The maximum atomic E-state index is 11.0. The maximum absolute atomic E-state index is 11.0. The summed E-state index contributed by atoms with van der Waals surface area (Å²) in [5.41, 5.74) is -0.171. The Hall–Kier alpha value is -1.73. The number of hydrogen-bond acceptors (Lipinski definition) is 5. The normalized spacial score (nSPS) is 10.1. The van der Waals surface area contributed by atoms with E-state index in [1.807, 2.05) is 0 Å². The van der Waals surface area contributed by atoms with Gasteiger partial charge in [0.1, 0.15) is 11.3 Å². The molecule has 0 unspecified atom stereocenters. The van der Waals surface area contributed by atoms with Crippen LogP contribution in [0.2, 0.25) is 5.15 Å². The Morgan fingerprint density at radius 1 is 1.33 bits per heavy atom. The second-order valence-corrected chi connectivity index (χ2v) is 4.43. The van der Waals surface area contributed by atoms with Crippen LogP contribution in [0.4, 0.5) is 0 Å². The van der Waals surface area contributed by atoms with Gasteiger partial charge < -0.3 is 9.84 Å². The van der Waals surface area contributed by atoms with E-state index in [4.69, 9.17) is 21.4 Å². The number of carbonyl (C=O) groups is 1. The first-order valence-electron chi connectivity index (χ1n) is 4.61. The van der Waals surface area contributed by atoms with Crippen molar-refractivity contribution in [1.29, 1.82) is 0 Å². The summed E-state index contributed by atoms with van der Waals surface area (Å²) in [5.74, 6) is -1.01. The van der Waals surface area contributed by atoms with Crippen LogP contribution in [0.5, 0.6) is 11.6 Å². The first-order valence-corrected chi connectivity index (χ1v) is 5.78. The number of aromatic nitrogens is 3. The lowest BCUT2D eigenvalue weighted by atomic mass is 10.3. The van der Waals surface area contributed by atoms with Gasteiger partial charge in [-0.05, 0) is 28.1 Å². The summed E-state index contributed by atoms with van der Waals surface area (Å²) in [6.07, 6.45) is 2.99. The van der Waals surface area contributed by atoms with Crippen molar-refractivity contribution in [3.63, 3.8) is 0 Å². The van der Waals surface area contributed by atoms with Gasteiger partial charge in [0, 0.05) is 10.7 Å². The number of nitrogens with zero attached hydrogens (tertiary/aromatic N) is 3. The summed E-state index contributed by atoms with van der Waals surface area (Å²) in [5, 5.41) is 16.1. The first kappa shape index (κ1) is 12.7. The zero-order valence-corrected chi connectivity index (χ0v) is 11.0. The van der Waals surface area contributed by atoms with Crippen molar-refractivity contribution in [2.24, 2.45) is 0 Å². The number of aromatic carboxylic acids is 1. The van der Waals surface area contributed by atoms with Crippen molar-refractivity contribution in [2.75, 3.05) is 0 Å². The van der Waals surface area contributed by atoms with Gasteiger partial charge in [0.15, 0.2) is 5.15 Å². The van der Waals surface area contributed by atoms with E-state index >= 15 is 0 Å². The van der Waals surface area contributed by atoms with Crippen molar-refractivity contribution in [3.05, 3.63) is 39.7 Å². The van der Waals surface area contributed by atoms with E-state index in [2.05, 4.69) is 31.1 Å². The van der Waals surface area contributed by atoms with E-state index in [-0.39, 0.29) is 16.6 Å². The Morgan fingerprint density at radius 3 is 2.78 bits per heavy atom. The monoisotopic (exact) mass is 329 g/mol. The highest BCUT2D eigenvalue weighted by molar-refractivity contribution is 9.10. The molecule has 0 aromatic carbocycles. The van der Waals surface area contributed by atoms with Gasteiger partial charge in [-0.2, -0.15) is 0 Å². The zero-order valence-electron chi connectivity index (χ0n) is 8.67. The standard InChI is InChI=1S/C10H5BrClN3O3/c11-5-1-6(4-13-3-5)18-9-7(10(16)17)2-8(12)14-15-9/h1-4H,(H,16,17). The van der Waals surface area contributed by atoms with Crippen LogP contribution in [-0.4, -0.2) is 26.3 Å². The maximum Gasteiger partial charge on any atom is 0.341 e. The van der Waals surface area contributed by atoms with Crippen LogP contribution < -0.4 is 4.74 Å². The van der Waals surface area contributed by atoms with Gasteiger partial charge in [0.2, 0.25) is 0 Å². The molecule has 0 atom stereocenters. The fourth-order valence-corrected chi connectivity index (χ4v) is 1.64. The summed E-state index contributed by atoms with van der Waals surface area (Å²) in [6, 6.07) is 2.78. The summed E-state index contributed by atoms with van der Waals surface area (Å²) >= 11 is 8.80. The third kappa shape index (κ3) is 2.93. The van der Waals surface area contributed by atoms with Crippen molar-refractivity contribution in [3.8, 4) is 11.6 Å². The lowest BCUT2D eigenvalue weighted by Crippen LogP contribution is -2.03. The lowest BCUT2D eigenvalue weighted by Gasteiger charge is -2.06. The molecule has 6 nitrogen and oxygen atoms in total. The minimum absolute atomic E-state index is 0.0212. The lowest BCUT2D eigenvalue weighted by molar-refractivity contribution is 0.0693. The number of hydrogen-bond donors (Lipinski definition) is 1. The SMILES string of the molecule is O=C(O)c1cc(Cl)nnc1Oc1cncc(Br)c1. The number of carboxylic acids is 1. The zero-order chi connectivity index (χ0) is 13.1. The Bertz CT molecular complexity index is 609. The third-order valence-electron chi connectivity index (χ3n) is 1.85. The molecule has 18 heavy (non-hydrogen) atoms. The van der Waals surface area contributed by atoms with E-state index in [0.717, 1.165) is 6.07 Å². The van der Waals surface area contributed by atoms with Crippen LogP contribution >= 0.6 is 27.5 Å². The summed E-state index contributed by atoms with van der Waals surface area (Å²) in [6.45, 7) is 0. The number of ether oxygens (including phenoxy) is 1. The molecule has 0 amide bonds. The van der Waals surface area contributed by atoms with E-state index < -0.39 is 5.97 Å². The Kier molecular flexibility index (Phi) is 3.73. The Labute approximate surface area is 115 Å². The Morgan fingerprint density at radius 2 is 2.11 bits per heavy atom. The van der Waals surface area contributed by atoms with Crippen molar-refractivity contribution >= 4 is 33.5 Å². The summed E-state index contributed by atoms with van der Waals surface area (Å²) in [7, 11) is 0. The van der Waals surface area contributed by atoms with Crippen LogP contribution in [0.25, 0.3) is 0 Å². The van der Waals surface area contributed by atoms with Gasteiger partial charge in [-0.15, -0.1) is 10.2 Å². The molecule has 2 rings (SSSR count). The van der Waals surface area contributed by atoms with Gasteiger partial charge in [-0.3, -0.25) is 4.98 Å². The molecule has 0 bridgehead atoms.